The van der Waals surface area contributed by atoms with E-state index in [1.165, 1.54) is 0 Å². The van der Waals surface area contributed by atoms with Gasteiger partial charge in [-0.15, -0.1) is 0 Å². The third kappa shape index (κ3) is 2.76. The number of amides is 1. The van der Waals surface area contributed by atoms with Gasteiger partial charge in [0.15, 0.2) is 0 Å². The van der Waals surface area contributed by atoms with E-state index in [4.69, 9.17) is 5.73 Å². The van der Waals surface area contributed by atoms with Crippen molar-refractivity contribution in [2.45, 2.75) is 12.5 Å². The Labute approximate surface area is 111 Å². The van der Waals surface area contributed by atoms with Crippen molar-refractivity contribution in [3.8, 4) is 0 Å². The van der Waals surface area contributed by atoms with Gasteiger partial charge in [-0.25, -0.2) is 8.78 Å². The Balaban J connectivity index is 2.12. The van der Waals surface area contributed by atoms with Crippen LogP contribution in [0.15, 0.2) is 28.8 Å². The van der Waals surface area contributed by atoms with Crippen LogP contribution in [-0.2, 0) is 4.79 Å². The molecule has 96 valence electrons. The third-order valence-electron chi connectivity index (χ3n) is 2.72. The number of anilines is 1. The predicted molar refractivity (Wildman–Crippen MR) is 67.9 cm³/mol. The molecule has 2 unspecified atom stereocenters. The number of nitrogens with one attached hydrogen (secondary N) is 1. The molecule has 1 aliphatic rings. The first-order valence-corrected chi connectivity index (χ1v) is 6.16. The third-order valence-corrected chi connectivity index (χ3v) is 3.33. The first kappa shape index (κ1) is 13.2. The summed E-state index contributed by atoms with van der Waals surface area (Å²) in [5.41, 5.74) is 5.45. The maximum Gasteiger partial charge on any atom is 0.231 e. The summed E-state index contributed by atoms with van der Waals surface area (Å²) in [5, 5.41) is 2.36. The van der Waals surface area contributed by atoms with E-state index in [0.717, 1.165) is 12.1 Å². The molecule has 1 aromatic rings. The van der Waals surface area contributed by atoms with Crippen LogP contribution in [0.4, 0.5) is 14.5 Å². The summed E-state index contributed by atoms with van der Waals surface area (Å²) in [6.07, 6.45) is 3.88. The number of nitrogens with two attached hydrogens (primary N) is 1. The molecule has 0 saturated heterocycles. The van der Waals surface area contributed by atoms with Crippen molar-refractivity contribution in [2.75, 3.05) is 5.32 Å². The van der Waals surface area contributed by atoms with E-state index in [1.807, 2.05) is 0 Å². The average molecular weight is 317 g/mol. The van der Waals surface area contributed by atoms with Crippen LogP contribution in [0.3, 0.4) is 0 Å². The van der Waals surface area contributed by atoms with Gasteiger partial charge >= 0.3 is 0 Å². The number of halogens is 3. The van der Waals surface area contributed by atoms with Gasteiger partial charge in [0.1, 0.15) is 11.6 Å². The van der Waals surface area contributed by atoms with E-state index < -0.39 is 17.6 Å². The highest BCUT2D eigenvalue weighted by Crippen LogP contribution is 2.25. The van der Waals surface area contributed by atoms with Crippen LogP contribution in [0.2, 0.25) is 0 Å². The minimum Gasteiger partial charge on any atom is -0.324 e. The van der Waals surface area contributed by atoms with Crippen LogP contribution >= 0.6 is 15.9 Å². The summed E-state index contributed by atoms with van der Waals surface area (Å²) in [6.45, 7) is 0. The summed E-state index contributed by atoms with van der Waals surface area (Å²) in [4.78, 5) is 11.8. The normalized spacial score (nSPS) is 22.2. The molecule has 0 bridgehead atoms. The number of hydrogen-bond acceptors (Lipinski definition) is 2. The van der Waals surface area contributed by atoms with Crippen LogP contribution in [-0.4, -0.2) is 11.9 Å². The van der Waals surface area contributed by atoms with Crippen molar-refractivity contribution in [3.63, 3.8) is 0 Å². The molecule has 1 amide bonds. The molecular formula is C12H11BrF2N2O. The van der Waals surface area contributed by atoms with Gasteiger partial charge in [0.2, 0.25) is 5.91 Å². The molecule has 0 heterocycles. The first-order chi connectivity index (χ1) is 8.47. The van der Waals surface area contributed by atoms with Crippen LogP contribution in [0.25, 0.3) is 0 Å². The maximum atomic E-state index is 13.5. The SMILES string of the molecule is NC1C=CC(C(=O)Nc2cc(F)c(Br)cc2F)C1. The van der Waals surface area contributed by atoms with E-state index in [1.54, 1.807) is 12.2 Å². The van der Waals surface area contributed by atoms with Gasteiger partial charge in [-0.2, -0.15) is 0 Å². The lowest BCUT2D eigenvalue weighted by atomic mass is 10.1. The van der Waals surface area contributed by atoms with Crippen LogP contribution in [0, 0.1) is 17.6 Å². The zero-order chi connectivity index (χ0) is 13.3. The minimum absolute atomic E-state index is 0.0146. The van der Waals surface area contributed by atoms with Crippen molar-refractivity contribution in [1.82, 2.24) is 0 Å². The highest BCUT2D eigenvalue weighted by atomic mass is 79.9. The van der Waals surface area contributed by atoms with Crippen molar-refractivity contribution in [1.29, 1.82) is 0 Å². The van der Waals surface area contributed by atoms with E-state index in [2.05, 4.69) is 21.2 Å². The average Bonchev–Trinajstić information content (AvgIpc) is 2.73. The number of benzene rings is 1. The number of rotatable bonds is 2. The van der Waals surface area contributed by atoms with E-state index in [-0.39, 0.29) is 22.1 Å². The highest BCUT2D eigenvalue weighted by molar-refractivity contribution is 9.10. The Hall–Kier alpha value is -1.27. The molecule has 3 N–H and O–H groups in total. The Morgan fingerprint density at radius 2 is 2.06 bits per heavy atom. The number of hydrogen-bond donors (Lipinski definition) is 2. The molecule has 1 aromatic carbocycles. The van der Waals surface area contributed by atoms with Crippen LogP contribution in [0.5, 0.6) is 0 Å². The van der Waals surface area contributed by atoms with Gasteiger partial charge in [-0.1, -0.05) is 12.2 Å². The molecule has 0 fully saturated rings. The summed E-state index contributed by atoms with van der Waals surface area (Å²) in [5.74, 6) is -2.11. The topological polar surface area (TPSA) is 55.1 Å². The van der Waals surface area contributed by atoms with Crippen molar-refractivity contribution >= 4 is 27.5 Å². The van der Waals surface area contributed by atoms with Crippen molar-refractivity contribution < 1.29 is 13.6 Å². The largest absolute Gasteiger partial charge is 0.324 e. The minimum atomic E-state index is -0.692. The van der Waals surface area contributed by atoms with Gasteiger partial charge in [-0.05, 0) is 28.4 Å². The van der Waals surface area contributed by atoms with E-state index >= 15 is 0 Å². The lowest BCUT2D eigenvalue weighted by Crippen LogP contribution is -2.24. The second-order valence-corrected chi connectivity index (χ2v) is 4.98. The molecule has 2 atom stereocenters. The van der Waals surface area contributed by atoms with Crippen molar-refractivity contribution in [2.24, 2.45) is 11.7 Å². The summed E-state index contributed by atoms with van der Waals surface area (Å²) in [6, 6.07) is 1.75. The monoisotopic (exact) mass is 316 g/mol. The Kier molecular flexibility index (Phi) is 3.77. The number of carbonyl (C=O) groups excluding carboxylic acids is 1. The molecule has 0 radical (unpaired) electrons. The summed E-state index contributed by atoms with van der Waals surface area (Å²) in [7, 11) is 0. The predicted octanol–water partition coefficient (Wildman–Crippen LogP) is 2.57. The molecule has 0 spiro atoms. The second-order valence-electron chi connectivity index (χ2n) is 4.13. The quantitative estimate of drug-likeness (QED) is 0.651. The molecule has 2 rings (SSSR count). The van der Waals surface area contributed by atoms with E-state index in [0.29, 0.717) is 6.42 Å². The Morgan fingerprint density at radius 3 is 2.67 bits per heavy atom. The van der Waals surface area contributed by atoms with Crippen molar-refractivity contribution in [3.05, 3.63) is 40.4 Å². The lowest BCUT2D eigenvalue weighted by molar-refractivity contribution is -0.118. The van der Waals surface area contributed by atoms with Gasteiger partial charge in [-0.3, -0.25) is 4.79 Å². The molecule has 0 aromatic heterocycles. The van der Waals surface area contributed by atoms with Crippen LogP contribution in [0.1, 0.15) is 6.42 Å². The zero-order valence-corrected chi connectivity index (χ0v) is 10.9. The fourth-order valence-electron chi connectivity index (χ4n) is 1.77. The summed E-state index contributed by atoms with van der Waals surface area (Å²) < 4.78 is 26.8. The van der Waals surface area contributed by atoms with Gasteiger partial charge in [0, 0.05) is 12.1 Å². The molecule has 3 nitrogen and oxygen atoms in total. The standard InChI is InChI=1S/C12H11BrF2N2O/c13-8-4-10(15)11(5-9(8)14)17-12(18)6-1-2-7(16)3-6/h1-2,4-7H,3,16H2,(H,17,18). The first-order valence-electron chi connectivity index (χ1n) is 5.36. The van der Waals surface area contributed by atoms with E-state index in [9.17, 15) is 13.6 Å². The molecule has 18 heavy (non-hydrogen) atoms. The molecule has 1 aliphatic carbocycles. The lowest BCUT2D eigenvalue weighted by Gasteiger charge is -2.11. The molecular weight excluding hydrogens is 306 g/mol. The summed E-state index contributed by atoms with van der Waals surface area (Å²) >= 11 is 2.87. The van der Waals surface area contributed by atoms with Gasteiger partial charge in [0.25, 0.3) is 0 Å². The number of carbonyl (C=O) groups is 1. The van der Waals surface area contributed by atoms with Gasteiger partial charge in [0.05, 0.1) is 16.1 Å². The van der Waals surface area contributed by atoms with Crippen LogP contribution < -0.4 is 11.1 Å². The smallest absolute Gasteiger partial charge is 0.231 e. The van der Waals surface area contributed by atoms with Gasteiger partial charge < -0.3 is 11.1 Å². The fourth-order valence-corrected chi connectivity index (χ4v) is 2.08. The Morgan fingerprint density at radius 1 is 1.33 bits per heavy atom. The maximum absolute atomic E-state index is 13.5. The Bertz CT molecular complexity index is 519. The molecule has 6 heteroatoms. The fraction of sp³-hybridized carbons (Fsp3) is 0.250. The highest BCUT2D eigenvalue weighted by Gasteiger charge is 2.23. The molecule has 0 aliphatic heterocycles. The molecule has 0 saturated carbocycles. The second kappa shape index (κ2) is 5.16. The zero-order valence-electron chi connectivity index (χ0n) is 9.29.